The molecule has 0 bridgehead atoms. The van der Waals surface area contributed by atoms with Crippen molar-refractivity contribution >= 4 is 23.1 Å². The lowest BCUT2D eigenvalue weighted by atomic mass is 10.1. The van der Waals surface area contributed by atoms with Crippen LogP contribution in [0.4, 0.5) is 14.6 Å². The average Bonchev–Trinajstić information content (AvgIpc) is 3.46. The zero-order valence-corrected chi connectivity index (χ0v) is 20.4. The number of esters is 1. The number of aromatic nitrogens is 5. The Morgan fingerprint density at radius 3 is 2.94 bits per heavy atom. The van der Waals surface area contributed by atoms with Gasteiger partial charge in [-0.25, -0.2) is 13.8 Å². The minimum absolute atomic E-state index is 0.132. The maximum absolute atomic E-state index is 14.7. The summed E-state index contributed by atoms with van der Waals surface area (Å²) in [5.74, 6) is -1.96. The van der Waals surface area contributed by atoms with Crippen LogP contribution >= 0.6 is 11.3 Å². The normalized spacial score (nSPS) is 15.4. The van der Waals surface area contributed by atoms with Gasteiger partial charge in [0.05, 0.1) is 12.2 Å². The van der Waals surface area contributed by atoms with Gasteiger partial charge in [-0.3, -0.25) is 10.1 Å². The summed E-state index contributed by atoms with van der Waals surface area (Å²) in [5.41, 5.74) is 8.51. The second kappa shape index (κ2) is 9.70. The number of nitrogens with one attached hydrogen (secondary N) is 1. The average molecular weight is 512 g/mol. The molecule has 3 N–H and O–H groups in total. The Hall–Kier alpha value is -3.77. The second-order valence-corrected chi connectivity index (χ2v) is 9.52. The smallest absolute Gasteiger partial charge is 0.323 e. The van der Waals surface area contributed by atoms with E-state index in [0.29, 0.717) is 25.1 Å². The fourth-order valence-corrected chi connectivity index (χ4v) is 5.28. The van der Waals surface area contributed by atoms with Crippen LogP contribution in [0, 0.1) is 18.6 Å². The summed E-state index contributed by atoms with van der Waals surface area (Å²) in [7, 11) is 0. The minimum Gasteiger partial charge on any atom is -0.465 e. The first-order valence-electron chi connectivity index (χ1n) is 11.4. The lowest BCUT2D eigenvalue weighted by Gasteiger charge is -2.13. The summed E-state index contributed by atoms with van der Waals surface area (Å²) >= 11 is 1.58. The number of ether oxygens (including phenoxy) is 1. The largest absolute Gasteiger partial charge is 0.465 e. The fraction of sp³-hybridized carbons (Fsp3) is 0.292. The molecule has 4 aromatic rings. The number of nitrogens with two attached hydrogens (primary N) is 1. The number of hydrogen-bond acceptors (Lipinski definition) is 9. The van der Waals surface area contributed by atoms with Gasteiger partial charge in [0.2, 0.25) is 0 Å². The van der Waals surface area contributed by atoms with E-state index in [2.05, 4.69) is 31.9 Å². The van der Waals surface area contributed by atoms with Crippen LogP contribution in [-0.4, -0.2) is 43.8 Å². The summed E-state index contributed by atoms with van der Waals surface area (Å²) < 4.78 is 35.1. The van der Waals surface area contributed by atoms with Crippen LogP contribution < -0.4 is 11.1 Å². The highest BCUT2D eigenvalue weighted by Crippen LogP contribution is 2.36. The third kappa shape index (κ3) is 4.33. The second-order valence-electron chi connectivity index (χ2n) is 8.38. The number of rotatable bonds is 5. The predicted molar refractivity (Wildman–Crippen MR) is 130 cm³/mol. The Morgan fingerprint density at radius 2 is 2.14 bits per heavy atom. The number of nitrogens with zero attached hydrogens (tertiary/aromatic N) is 5. The van der Waals surface area contributed by atoms with Gasteiger partial charge in [-0.05, 0) is 66.4 Å². The monoisotopic (exact) mass is 511 g/mol. The molecule has 186 valence electrons. The van der Waals surface area contributed by atoms with Crippen molar-refractivity contribution in [1.29, 1.82) is 0 Å². The zero-order chi connectivity index (χ0) is 25.4. The molecule has 0 fully saturated rings. The van der Waals surface area contributed by atoms with E-state index in [1.165, 1.54) is 19.1 Å². The van der Waals surface area contributed by atoms with Crippen molar-refractivity contribution in [2.24, 2.45) is 0 Å². The highest BCUT2D eigenvalue weighted by atomic mass is 32.1. The SMILES string of the molecule is CCOC(=O)C1CCc2cc(-c3cnc(N)c(-c4nnnn4-c4ccc(C)c(F)c4F)c3)sc2CN1. The van der Waals surface area contributed by atoms with Gasteiger partial charge in [0, 0.05) is 28.1 Å². The van der Waals surface area contributed by atoms with Crippen LogP contribution in [0.15, 0.2) is 30.5 Å². The number of hydrogen-bond donors (Lipinski definition) is 2. The van der Waals surface area contributed by atoms with Gasteiger partial charge in [-0.2, -0.15) is 4.68 Å². The van der Waals surface area contributed by atoms with Crippen LogP contribution in [-0.2, 0) is 22.5 Å². The van der Waals surface area contributed by atoms with Crippen LogP contribution in [0.1, 0.15) is 29.3 Å². The number of benzene rings is 1. The van der Waals surface area contributed by atoms with E-state index in [1.807, 2.05) is 0 Å². The summed E-state index contributed by atoms with van der Waals surface area (Å²) in [6.45, 7) is 4.17. The van der Waals surface area contributed by atoms with Gasteiger partial charge >= 0.3 is 5.97 Å². The molecule has 1 unspecified atom stereocenters. The topological polar surface area (TPSA) is 121 Å². The molecule has 1 aliphatic heterocycles. The molecule has 3 aromatic heterocycles. The van der Waals surface area contributed by atoms with E-state index < -0.39 is 11.6 Å². The molecule has 36 heavy (non-hydrogen) atoms. The van der Waals surface area contributed by atoms with E-state index in [4.69, 9.17) is 10.5 Å². The molecule has 0 radical (unpaired) electrons. The van der Waals surface area contributed by atoms with E-state index in [1.54, 1.807) is 30.5 Å². The highest BCUT2D eigenvalue weighted by Gasteiger charge is 2.25. The number of thiophene rings is 1. The number of aryl methyl sites for hydroxylation is 2. The molecule has 0 saturated carbocycles. The number of carbonyl (C=O) groups excluding carboxylic acids is 1. The number of anilines is 1. The van der Waals surface area contributed by atoms with Crippen molar-refractivity contribution < 1.29 is 18.3 Å². The molecule has 12 heteroatoms. The van der Waals surface area contributed by atoms with Crippen molar-refractivity contribution in [1.82, 2.24) is 30.5 Å². The third-order valence-corrected chi connectivity index (χ3v) is 7.30. The Kier molecular flexibility index (Phi) is 6.46. The number of halogens is 2. The molecule has 1 aromatic carbocycles. The molecule has 0 aliphatic carbocycles. The third-order valence-electron chi connectivity index (χ3n) is 6.08. The van der Waals surface area contributed by atoms with Crippen LogP contribution in [0.2, 0.25) is 0 Å². The lowest BCUT2D eigenvalue weighted by Crippen LogP contribution is -2.36. The summed E-state index contributed by atoms with van der Waals surface area (Å²) in [4.78, 5) is 18.5. The first-order valence-corrected chi connectivity index (χ1v) is 12.2. The molecular formula is C24H23F2N7O2S. The van der Waals surface area contributed by atoms with Crippen LogP contribution in [0.25, 0.3) is 27.5 Å². The van der Waals surface area contributed by atoms with E-state index in [9.17, 15) is 13.6 Å². The number of fused-ring (bicyclic) bond motifs is 1. The van der Waals surface area contributed by atoms with E-state index in [0.717, 1.165) is 32.0 Å². The van der Waals surface area contributed by atoms with Crippen LogP contribution in [0.3, 0.4) is 0 Å². The van der Waals surface area contributed by atoms with E-state index in [-0.39, 0.29) is 34.9 Å². The Bertz CT molecular complexity index is 1430. The number of carbonyl (C=O) groups is 1. The maximum Gasteiger partial charge on any atom is 0.323 e. The summed E-state index contributed by atoms with van der Waals surface area (Å²) in [5, 5.41) is 14.8. The highest BCUT2D eigenvalue weighted by molar-refractivity contribution is 7.15. The predicted octanol–water partition coefficient (Wildman–Crippen LogP) is 3.59. The molecular weight excluding hydrogens is 488 g/mol. The van der Waals surface area contributed by atoms with Crippen molar-refractivity contribution in [3.63, 3.8) is 0 Å². The fourth-order valence-electron chi connectivity index (χ4n) is 4.14. The molecule has 0 saturated heterocycles. The number of pyridine rings is 1. The minimum atomic E-state index is -1.05. The first kappa shape index (κ1) is 23.9. The van der Waals surface area contributed by atoms with Gasteiger partial charge in [-0.1, -0.05) is 6.07 Å². The zero-order valence-electron chi connectivity index (χ0n) is 19.6. The number of tetrazole rings is 1. The molecule has 5 rings (SSSR count). The molecule has 4 heterocycles. The van der Waals surface area contributed by atoms with Gasteiger partial charge in [0.25, 0.3) is 0 Å². The quantitative estimate of drug-likeness (QED) is 0.390. The Balaban J connectivity index is 1.47. The van der Waals surface area contributed by atoms with E-state index >= 15 is 0 Å². The standard InChI is InChI=1S/C24H23F2N7O2S/c1-3-35-24(34)16-6-5-13-9-18(36-19(13)11-28-16)14-8-15(22(27)29-10-14)23-30-31-32-33(23)17-7-4-12(2)20(25)21(17)26/h4,7-10,16,28H,3,5-6,11H2,1-2H3,(H2,27,29). The van der Waals surface area contributed by atoms with Crippen molar-refractivity contribution in [3.05, 3.63) is 58.1 Å². The van der Waals surface area contributed by atoms with Gasteiger partial charge in [0.15, 0.2) is 17.5 Å². The Morgan fingerprint density at radius 1 is 1.31 bits per heavy atom. The number of nitrogen functional groups attached to an aromatic ring is 1. The summed E-state index contributed by atoms with van der Waals surface area (Å²) in [6.07, 6.45) is 3.02. The van der Waals surface area contributed by atoms with Crippen LogP contribution in [0.5, 0.6) is 0 Å². The van der Waals surface area contributed by atoms with Crippen molar-refractivity contribution in [3.8, 4) is 27.5 Å². The molecule has 0 amide bonds. The first-order chi connectivity index (χ1) is 17.4. The van der Waals surface area contributed by atoms with Gasteiger partial charge < -0.3 is 10.5 Å². The molecule has 1 atom stereocenters. The van der Waals surface area contributed by atoms with Gasteiger partial charge in [0.1, 0.15) is 17.5 Å². The Labute approximate surface area is 209 Å². The summed E-state index contributed by atoms with van der Waals surface area (Å²) in [6, 6.07) is 6.39. The van der Waals surface area contributed by atoms with Crippen molar-refractivity contribution in [2.45, 2.75) is 39.3 Å². The lowest BCUT2D eigenvalue weighted by molar-refractivity contribution is -0.145. The van der Waals surface area contributed by atoms with Crippen molar-refractivity contribution in [2.75, 3.05) is 12.3 Å². The molecule has 9 nitrogen and oxygen atoms in total. The molecule has 1 aliphatic rings. The van der Waals surface area contributed by atoms with Gasteiger partial charge in [-0.15, -0.1) is 16.4 Å². The maximum atomic E-state index is 14.7. The molecule has 0 spiro atoms.